The number of allylic oxidation sites excluding steroid dienone is 1. The summed E-state index contributed by atoms with van der Waals surface area (Å²) in [6.07, 6.45) is 5.36. The third-order valence-electron chi connectivity index (χ3n) is 5.32. The van der Waals surface area contributed by atoms with Gasteiger partial charge in [0.2, 0.25) is 0 Å². The van der Waals surface area contributed by atoms with E-state index in [2.05, 4.69) is 27.4 Å². The molecule has 0 bridgehead atoms. The fourth-order valence-corrected chi connectivity index (χ4v) is 3.83. The van der Waals surface area contributed by atoms with Crippen LogP contribution in [-0.4, -0.2) is 5.78 Å². The van der Waals surface area contributed by atoms with Crippen molar-refractivity contribution >= 4 is 5.78 Å². The Morgan fingerprint density at radius 2 is 2.06 bits per heavy atom. The molecule has 0 saturated heterocycles. The van der Waals surface area contributed by atoms with Gasteiger partial charge in [-0.1, -0.05) is 26.0 Å². The zero-order valence-electron chi connectivity index (χ0n) is 10.9. The zero-order chi connectivity index (χ0) is 11.9. The van der Waals surface area contributed by atoms with Crippen molar-refractivity contribution < 1.29 is 4.79 Å². The molecular weight excluding hydrogens is 196 g/mol. The highest BCUT2D eigenvalue weighted by Crippen LogP contribution is 2.54. The van der Waals surface area contributed by atoms with Gasteiger partial charge < -0.3 is 0 Å². The summed E-state index contributed by atoms with van der Waals surface area (Å²) in [5.74, 6) is 2.21. The van der Waals surface area contributed by atoms with E-state index in [1.54, 1.807) is 0 Å². The number of carbonyl (C=O) groups excluding carboxylic acids is 1. The van der Waals surface area contributed by atoms with Gasteiger partial charge in [0, 0.05) is 12.3 Å². The Kier molecular flexibility index (Phi) is 2.98. The number of hydrogen-bond donors (Lipinski definition) is 0. The molecule has 0 spiro atoms. The molecule has 0 aromatic carbocycles. The molecule has 0 aromatic heterocycles. The third-order valence-corrected chi connectivity index (χ3v) is 5.32. The van der Waals surface area contributed by atoms with E-state index in [1.807, 2.05) is 0 Å². The van der Waals surface area contributed by atoms with Gasteiger partial charge in [-0.2, -0.15) is 0 Å². The first-order chi connectivity index (χ1) is 7.45. The summed E-state index contributed by atoms with van der Waals surface area (Å²) in [5, 5.41) is 0. The van der Waals surface area contributed by atoms with Crippen LogP contribution in [0.3, 0.4) is 0 Å². The number of carbonyl (C=O) groups is 1. The molecule has 0 amide bonds. The second kappa shape index (κ2) is 4.01. The van der Waals surface area contributed by atoms with Crippen LogP contribution in [0.2, 0.25) is 0 Å². The maximum absolute atomic E-state index is 12.0. The molecule has 0 radical (unpaired) electrons. The molecule has 1 unspecified atom stereocenters. The molecule has 0 aliphatic heterocycles. The molecule has 2 rings (SSSR count). The maximum Gasteiger partial charge on any atom is 0.136 e. The van der Waals surface area contributed by atoms with Crippen molar-refractivity contribution in [3.05, 3.63) is 12.2 Å². The van der Waals surface area contributed by atoms with Gasteiger partial charge in [0.25, 0.3) is 0 Å². The van der Waals surface area contributed by atoms with Crippen LogP contribution in [0.5, 0.6) is 0 Å². The predicted molar refractivity (Wildman–Crippen MR) is 67.2 cm³/mol. The quantitative estimate of drug-likeness (QED) is 0.611. The van der Waals surface area contributed by atoms with Gasteiger partial charge in [-0.15, -0.1) is 0 Å². The van der Waals surface area contributed by atoms with E-state index >= 15 is 0 Å². The van der Waals surface area contributed by atoms with Gasteiger partial charge >= 0.3 is 0 Å². The normalized spacial score (nSPS) is 43.9. The van der Waals surface area contributed by atoms with Gasteiger partial charge in [-0.05, 0) is 49.9 Å². The number of hydrogen-bond acceptors (Lipinski definition) is 1. The molecule has 0 heterocycles. The lowest BCUT2D eigenvalue weighted by atomic mass is 9.53. The minimum absolute atomic E-state index is 0.247. The first-order valence-electron chi connectivity index (χ1n) is 6.63. The van der Waals surface area contributed by atoms with E-state index in [0.29, 0.717) is 23.5 Å². The minimum Gasteiger partial charge on any atom is -0.299 e. The van der Waals surface area contributed by atoms with Crippen LogP contribution in [0.4, 0.5) is 0 Å². The Morgan fingerprint density at radius 1 is 1.38 bits per heavy atom. The zero-order valence-corrected chi connectivity index (χ0v) is 10.9. The second-order valence-electron chi connectivity index (χ2n) is 6.29. The molecular formula is C15H24O. The number of fused-ring (bicyclic) bond motifs is 1. The summed E-state index contributed by atoms with van der Waals surface area (Å²) in [7, 11) is 0. The van der Waals surface area contributed by atoms with Crippen molar-refractivity contribution in [1.29, 1.82) is 0 Å². The van der Waals surface area contributed by atoms with Crippen molar-refractivity contribution in [1.82, 2.24) is 0 Å². The molecule has 90 valence electrons. The molecule has 1 heteroatoms. The van der Waals surface area contributed by atoms with Crippen LogP contribution in [0.1, 0.15) is 52.9 Å². The summed E-state index contributed by atoms with van der Waals surface area (Å²) in [6, 6.07) is 0. The van der Waals surface area contributed by atoms with Crippen LogP contribution in [0.15, 0.2) is 12.2 Å². The van der Waals surface area contributed by atoms with Crippen LogP contribution in [0, 0.1) is 23.2 Å². The number of rotatable bonds is 1. The second-order valence-corrected chi connectivity index (χ2v) is 6.29. The largest absolute Gasteiger partial charge is 0.299 e. The van der Waals surface area contributed by atoms with E-state index < -0.39 is 0 Å². The summed E-state index contributed by atoms with van der Waals surface area (Å²) < 4.78 is 0. The van der Waals surface area contributed by atoms with E-state index in [9.17, 15) is 4.79 Å². The number of ketones is 1. The minimum atomic E-state index is 0.247. The Balaban J connectivity index is 2.23. The van der Waals surface area contributed by atoms with Gasteiger partial charge in [0.05, 0.1) is 0 Å². The summed E-state index contributed by atoms with van der Waals surface area (Å²) in [5.41, 5.74) is 1.56. The molecule has 0 aromatic rings. The topological polar surface area (TPSA) is 17.1 Å². The fraction of sp³-hybridized carbons (Fsp3) is 0.800. The maximum atomic E-state index is 12.0. The Hall–Kier alpha value is -0.590. The molecule has 4 atom stereocenters. The predicted octanol–water partition coefficient (Wildman–Crippen LogP) is 3.98. The Morgan fingerprint density at radius 3 is 2.69 bits per heavy atom. The van der Waals surface area contributed by atoms with Crippen LogP contribution >= 0.6 is 0 Å². The van der Waals surface area contributed by atoms with Gasteiger partial charge in [-0.25, -0.2) is 0 Å². The monoisotopic (exact) mass is 220 g/mol. The summed E-state index contributed by atoms with van der Waals surface area (Å²) in [4.78, 5) is 12.0. The third kappa shape index (κ3) is 1.74. The lowest BCUT2D eigenvalue weighted by molar-refractivity contribution is -0.136. The smallest absolute Gasteiger partial charge is 0.136 e. The van der Waals surface area contributed by atoms with E-state index in [-0.39, 0.29) is 5.41 Å². The van der Waals surface area contributed by atoms with Crippen molar-refractivity contribution in [3.63, 3.8) is 0 Å². The van der Waals surface area contributed by atoms with E-state index in [1.165, 1.54) is 18.4 Å². The van der Waals surface area contributed by atoms with Gasteiger partial charge in [0.1, 0.15) is 5.78 Å². The SMILES string of the molecule is C=C(C)[C@@H]1CCC2C(=O)CC[C@H](C)[C@@]2(C)C1. The highest BCUT2D eigenvalue weighted by atomic mass is 16.1. The molecule has 16 heavy (non-hydrogen) atoms. The van der Waals surface area contributed by atoms with Crippen molar-refractivity contribution in [2.75, 3.05) is 0 Å². The highest BCUT2D eigenvalue weighted by Gasteiger charge is 2.49. The summed E-state index contributed by atoms with van der Waals surface area (Å²) >= 11 is 0. The molecule has 2 fully saturated rings. The molecule has 2 saturated carbocycles. The highest BCUT2D eigenvalue weighted by molar-refractivity contribution is 5.82. The number of Topliss-reactive ketones (excluding diaryl/α,β-unsaturated/α-hetero) is 1. The fourth-order valence-electron chi connectivity index (χ4n) is 3.83. The van der Waals surface area contributed by atoms with Crippen molar-refractivity contribution in [3.8, 4) is 0 Å². The average Bonchev–Trinajstić information content (AvgIpc) is 2.23. The first kappa shape index (κ1) is 11.9. The standard InChI is InChI=1S/C15H24O/c1-10(2)12-6-7-13-14(16)8-5-11(3)15(13,4)9-12/h11-13H,1,5-9H2,2-4H3/t11-,12+,13?,15+/m0/s1. The van der Waals surface area contributed by atoms with Crippen LogP contribution in [-0.2, 0) is 4.79 Å². The lowest BCUT2D eigenvalue weighted by Crippen LogP contribution is -2.47. The Bertz CT molecular complexity index is 317. The van der Waals surface area contributed by atoms with Crippen molar-refractivity contribution in [2.24, 2.45) is 23.2 Å². The first-order valence-corrected chi connectivity index (χ1v) is 6.63. The molecule has 2 aliphatic carbocycles. The average molecular weight is 220 g/mol. The Labute approximate surface area is 99.3 Å². The van der Waals surface area contributed by atoms with Gasteiger partial charge in [-0.3, -0.25) is 4.79 Å². The van der Waals surface area contributed by atoms with Gasteiger partial charge in [0.15, 0.2) is 0 Å². The van der Waals surface area contributed by atoms with Crippen LogP contribution < -0.4 is 0 Å². The van der Waals surface area contributed by atoms with Crippen molar-refractivity contribution in [2.45, 2.75) is 52.9 Å². The lowest BCUT2D eigenvalue weighted by Gasteiger charge is -2.51. The molecule has 0 N–H and O–H groups in total. The summed E-state index contributed by atoms with van der Waals surface area (Å²) in [6.45, 7) is 10.9. The molecule has 2 aliphatic rings. The van der Waals surface area contributed by atoms with E-state index in [4.69, 9.17) is 0 Å². The van der Waals surface area contributed by atoms with E-state index in [0.717, 1.165) is 19.3 Å². The molecule has 1 nitrogen and oxygen atoms in total. The van der Waals surface area contributed by atoms with Crippen LogP contribution in [0.25, 0.3) is 0 Å².